The molecule has 1 atom stereocenters. The van der Waals surface area contributed by atoms with Crippen LogP contribution in [0.2, 0.25) is 0 Å². The zero-order chi connectivity index (χ0) is 17.1. The molecule has 1 aromatic heterocycles. The molecule has 1 fully saturated rings. The monoisotopic (exact) mass is 410 g/mol. The van der Waals surface area contributed by atoms with E-state index in [0.29, 0.717) is 18.5 Å². The molecule has 1 saturated heterocycles. The van der Waals surface area contributed by atoms with Crippen molar-refractivity contribution < 1.29 is 19.1 Å². The summed E-state index contributed by atoms with van der Waals surface area (Å²) in [6, 6.07) is 5.15. The molecule has 0 radical (unpaired) electrons. The smallest absolute Gasteiger partial charge is 0.329 e. The fourth-order valence-electron chi connectivity index (χ4n) is 2.38. The van der Waals surface area contributed by atoms with Gasteiger partial charge < -0.3 is 14.8 Å². The highest BCUT2D eigenvalue weighted by Gasteiger charge is 2.28. The van der Waals surface area contributed by atoms with Crippen LogP contribution in [0.5, 0.6) is 5.75 Å². The van der Waals surface area contributed by atoms with Gasteiger partial charge >= 0.3 is 5.97 Å². The van der Waals surface area contributed by atoms with Crippen molar-refractivity contribution >= 4 is 39.1 Å². The van der Waals surface area contributed by atoms with Gasteiger partial charge in [-0.05, 0) is 24.6 Å². The summed E-state index contributed by atoms with van der Waals surface area (Å²) in [6.07, 6.45) is 0.846. The lowest BCUT2D eigenvalue weighted by Crippen LogP contribution is -2.34. The minimum atomic E-state index is -0.541. The predicted octanol–water partition coefficient (Wildman–Crippen LogP) is 2.90. The maximum Gasteiger partial charge on any atom is 0.329 e. The zero-order valence-electron chi connectivity index (χ0n) is 12.9. The Morgan fingerprint density at radius 2 is 2.33 bits per heavy atom. The number of benzene rings is 1. The number of nitrogens with zero attached hydrogens (tertiary/aromatic N) is 1. The number of esters is 1. The lowest BCUT2D eigenvalue weighted by atomic mass is 10.2. The molecule has 0 unspecified atom stereocenters. The summed E-state index contributed by atoms with van der Waals surface area (Å²) in [4.78, 5) is 27.5. The number of hydrogen-bond acceptors (Lipinski definition) is 6. The highest BCUT2D eigenvalue weighted by Crippen LogP contribution is 2.34. The van der Waals surface area contributed by atoms with E-state index in [0.717, 1.165) is 20.8 Å². The molecule has 0 bridgehead atoms. The molecule has 1 aliphatic rings. The number of rotatable bonds is 5. The molecule has 6 nitrogen and oxygen atoms in total. The average molecular weight is 411 g/mol. The van der Waals surface area contributed by atoms with E-state index in [1.165, 1.54) is 11.3 Å². The summed E-state index contributed by atoms with van der Waals surface area (Å²) in [6.45, 7) is 0.0814. The summed E-state index contributed by atoms with van der Waals surface area (Å²) in [5, 5.41) is 5.22. The fourth-order valence-corrected chi connectivity index (χ4v) is 3.57. The molecule has 2 aromatic rings. The third-order valence-corrected chi connectivity index (χ3v) is 5.00. The van der Waals surface area contributed by atoms with Crippen LogP contribution in [0.4, 0.5) is 0 Å². The molecule has 0 spiro atoms. The summed E-state index contributed by atoms with van der Waals surface area (Å²) in [5.74, 6) is 0.190. The normalized spacial score (nSPS) is 16.8. The molecular weight excluding hydrogens is 396 g/mol. The molecule has 1 N–H and O–H groups in total. The number of halogens is 1. The number of hydrogen-bond donors (Lipinski definition) is 1. The molecule has 3 rings (SSSR count). The third-order valence-electron chi connectivity index (χ3n) is 3.59. The van der Waals surface area contributed by atoms with Crippen LogP contribution in [-0.2, 0) is 20.9 Å². The van der Waals surface area contributed by atoms with Crippen molar-refractivity contribution in [3.8, 4) is 16.3 Å². The molecule has 0 aliphatic carbocycles. The van der Waals surface area contributed by atoms with Crippen LogP contribution >= 0.6 is 27.3 Å². The van der Waals surface area contributed by atoms with Crippen molar-refractivity contribution in [3.05, 3.63) is 33.7 Å². The van der Waals surface area contributed by atoms with Gasteiger partial charge in [-0.25, -0.2) is 9.78 Å². The minimum absolute atomic E-state index is 0.0814. The molecule has 0 saturated carbocycles. The van der Waals surface area contributed by atoms with Gasteiger partial charge in [-0.15, -0.1) is 11.3 Å². The summed E-state index contributed by atoms with van der Waals surface area (Å²) in [5.41, 5.74) is 1.53. The number of nitrogens with one attached hydrogen (secondary N) is 1. The maximum absolute atomic E-state index is 11.9. The zero-order valence-corrected chi connectivity index (χ0v) is 15.3. The van der Waals surface area contributed by atoms with E-state index in [1.54, 1.807) is 7.11 Å². The Kier molecular flexibility index (Phi) is 5.15. The number of carbonyl (C=O) groups excluding carboxylic acids is 2. The number of carbonyl (C=O) groups is 2. The summed E-state index contributed by atoms with van der Waals surface area (Å²) in [7, 11) is 1.61. The van der Waals surface area contributed by atoms with Gasteiger partial charge in [0.15, 0.2) is 0 Å². The van der Waals surface area contributed by atoms with Gasteiger partial charge in [-0.2, -0.15) is 0 Å². The Balaban J connectivity index is 1.67. The predicted molar refractivity (Wildman–Crippen MR) is 92.8 cm³/mol. The number of methoxy groups -OCH3 is 1. The van der Waals surface area contributed by atoms with E-state index in [4.69, 9.17) is 9.47 Å². The molecular formula is C16H15BrN2O4S. The van der Waals surface area contributed by atoms with Crippen molar-refractivity contribution in [2.75, 3.05) is 7.11 Å². The lowest BCUT2D eigenvalue weighted by Gasteiger charge is -2.09. The van der Waals surface area contributed by atoms with Crippen LogP contribution < -0.4 is 10.1 Å². The third kappa shape index (κ3) is 3.76. The summed E-state index contributed by atoms with van der Waals surface area (Å²) < 4.78 is 11.5. The van der Waals surface area contributed by atoms with E-state index >= 15 is 0 Å². The Morgan fingerprint density at radius 3 is 3.04 bits per heavy atom. The quantitative estimate of drug-likeness (QED) is 0.766. The first-order valence-electron chi connectivity index (χ1n) is 7.31. The minimum Gasteiger partial charge on any atom is -0.496 e. The number of thiazole rings is 1. The Morgan fingerprint density at radius 1 is 1.50 bits per heavy atom. The van der Waals surface area contributed by atoms with Gasteiger partial charge in [0.2, 0.25) is 5.91 Å². The number of aromatic nitrogens is 1. The van der Waals surface area contributed by atoms with Crippen LogP contribution in [0.1, 0.15) is 18.5 Å². The van der Waals surface area contributed by atoms with Gasteiger partial charge in [-0.1, -0.05) is 15.9 Å². The molecule has 8 heteroatoms. The lowest BCUT2D eigenvalue weighted by molar-refractivity contribution is -0.147. The highest BCUT2D eigenvalue weighted by molar-refractivity contribution is 9.10. The molecule has 2 heterocycles. The molecule has 1 aliphatic heterocycles. The maximum atomic E-state index is 11.9. The van der Waals surface area contributed by atoms with Crippen LogP contribution in [-0.4, -0.2) is 30.0 Å². The first-order valence-corrected chi connectivity index (χ1v) is 8.98. The second-order valence-electron chi connectivity index (χ2n) is 5.26. The number of amides is 1. The Labute approximate surface area is 151 Å². The second kappa shape index (κ2) is 7.31. The van der Waals surface area contributed by atoms with Crippen LogP contribution in [0, 0.1) is 0 Å². The van der Waals surface area contributed by atoms with Gasteiger partial charge in [0.25, 0.3) is 0 Å². The van der Waals surface area contributed by atoms with Crippen molar-refractivity contribution in [1.29, 1.82) is 0 Å². The van der Waals surface area contributed by atoms with Gasteiger partial charge in [0.05, 0.1) is 18.4 Å². The standard InChI is InChI=1S/C16H15BrN2O4S/c1-22-13-4-2-9(17)6-11(13)15-18-10(8-24-15)7-23-16(21)12-3-5-14(20)19-12/h2,4,6,8,12H,3,5,7H2,1H3,(H,19,20)/t12-/m1/s1. The topological polar surface area (TPSA) is 77.5 Å². The van der Waals surface area contributed by atoms with E-state index in [9.17, 15) is 9.59 Å². The van der Waals surface area contributed by atoms with E-state index in [2.05, 4.69) is 26.2 Å². The van der Waals surface area contributed by atoms with Gasteiger partial charge in [0, 0.05) is 16.3 Å². The van der Waals surface area contributed by atoms with Crippen molar-refractivity contribution in [2.24, 2.45) is 0 Å². The molecule has 126 valence electrons. The molecule has 1 amide bonds. The SMILES string of the molecule is COc1ccc(Br)cc1-c1nc(COC(=O)[C@H]2CCC(=O)N2)cs1. The van der Waals surface area contributed by atoms with E-state index < -0.39 is 12.0 Å². The molecule has 24 heavy (non-hydrogen) atoms. The van der Waals surface area contributed by atoms with E-state index in [1.807, 2.05) is 23.6 Å². The van der Waals surface area contributed by atoms with Crippen molar-refractivity contribution in [3.63, 3.8) is 0 Å². The largest absolute Gasteiger partial charge is 0.496 e. The van der Waals surface area contributed by atoms with Crippen molar-refractivity contribution in [1.82, 2.24) is 10.3 Å². The first-order chi connectivity index (χ1) is 11.6. The van der Waals surface area contributed by atoms with Crippen molar-refractivity contribution in [2.45, 2.75) is 25.5 Å². The first kappa shape index (κ1) is 16.9. The van der Waals surface area contributed by atoms with E-state index in [-0.39, 0.29) is 12.5 Å². The van der Waals surface area contributed by atoms with Crippen LogP contribution in [0.15, 0.2) is 28.1 Å². The number of ether oxygens (including phenoxy) is 2. The average Bonchev–Trinajstić information content (AvgIpc) is 3.21. The Bertz CT molecular complexity index is 777. The van der Waals surface area contributed by atoms with Crippen LogP contribution in [0.25, 0.3) is 10.6 Å². The van der Waals surface area contributed by atoms with Gasteiger partial charge in [-0.3, -0.25) is 4.79 Å². The second-order valence-corrected chi connectivity index (χ2v) is 7.03. The van der Waals surface area contributed by atoms with Crippen LogP contribution in [0.3, 0.4) is 0 Å². The summed E-state index contributed by atoms with van der Waals surface area (Å²) >= 11 is 4.89. The fraction of sp³-hybridized carbons (Fsp3) is 0.312. The van der Waals surface area contributed by atoms with Gasteiger partial charge in [0.1, 0.15) is 23.4 Å². The molecule has 1 aromatic carbocycles. The Hall–Kier alpha value is -1.93. The highest BCUT2D eigenvalue weighted by atomic mass is 79.9.